The first-order valence-electron chi connectivity index (χ1n) is 3.61. The summed E-state index contributed by atoms with van der Waals surface area (Å²) in [5.41, 5.74) is -0.269. The van der Waals surface area contributed by atoms with Gasteiger partial charge in [0.15, 0.2) is 10.7 Å². The van der Waals surface area contributed by atoms with Crippen molar-refractivity contribution in [3.8, 4) is 5.75 Å². The summed E-state index contributed by atoms with van der Waals surface area (Å²) < 4.78 is 36.4. The molecule has 1 rings (SSSR count). The summed E-state index contributed by atoms with van der Waals surface area (Å²) in [6.07, 6.45) is 0. The van der Waals surface area contributed by atoms with Gasteiger partial charge in [0.25, 0.3) is 0 Å². The van der Waals surface area contributed by atoms with Crippen molar-refractivity contribution in [3.63, 3.8) is 0 Å². The Labute approximate surface area is 116 Å². The summed E-state index contributed by atoms with van der Waals surface area (Å²) in [5.74, 6) is -0.0478. The van der Waals surface area contributed by atoms with Gasteiger partial charge in [-0.3, -0.25) is 4.55 Å². The normalized spacial score (nSPS) is 10.1. The van der Waals surface area contributed by atoms with E-state index in [1.807, 2.05) is 22.6 Å². The number of rotatable bonds is 2. The van der Waals surface area contributed by atoms with Crippen molar-refractivity contribution >= 4 is 38.4 Å². The average molecular weight is 421 g/mol. The molecule has 0 aliphatic rings. The Morgan fingerprint density at radius 1 is 1.50 bits per heavy atom. The highest BCUT2D eigenvalue weighted by Crippen LogP contribution is 2.36. The van der Waals surface area contributed by atoms with Crippen LogP contribution in [0.1, 0.15) is 0 Å². The van der Waals surface area contributed by atoms with E-state index in [1.54, 1.807) is 0 Å². The quantitative estimate of drug-likeness (QED) is 0.378. The number of methoxy groups -OCH3 is 1. The van der Waals surface area contributed by atoms with Crippen LogP contribution >= 0.6 is 22.6 Å². The highest BCUT2D eigenvalue weighted by atomic mass is 127. The number of diazo groups is 1. The molecule has 0 aliphatic carbocycles. The smallest absolute Gasteiger partial charge is 0.409 e. The van der Waals surface area contributed by atoms with Crippen molar-refractivity contribution in [2.45, 2.75) is 4.90 Å². The monoisotopic (exact) mass is 420 g/mol. The maximum atomic E-state index is 11.0. The summed E-state index contributed by atoms with van der Waals surface area (Å²) in [6, 6.07) is 2.76. The van der Waals surface area contributed by atoms with Gasteiger partial charge in [0, 0.05) is 6.07 Å². The second kappa shape index (κ2) is 5.76. The molecule has 0 aromatic heterocycles. The lowest BCUT2D eigenvalue weighted by atomic mass is 10.3. The maximum absolute atomic E-state index is 11.0. The molecule has 16 heavy (non-hydrogen) atoms. The fourth-order valence-corrected chi connectivity index (χ4v) is 2.70. The maximum Gasteiger partial charge on any atom is 0.409 e. The Bertz CT molecular complexity index is 540. The van der Waals surface area contributed by atoms with Crippen molar-refractivity contribution in [1.82, 2.24) is 0 Å². The molecule has 88 valence electrons. The highest BCUT2D eigenvalue weighted by Gasteiger charge is 2.31. The fraction of sp³-hybridized carbons (Fsp3) is 0.143. The van der Waals surface area contributed by atoms with Crippen LogP contribution in [0.5, 0.6) is 5.75 Å². The molecule has 0 spiro atoms. The Morgan fingerprint density at radius 2 is 2.06 bits per heavy atom. The lowest BCUT2D eigenvalue weighted by molar-refractivity contribution is -0.00000781. The third-order valence-electron chi connectivity index (χ3n) is 1.61. The summed E-state index contributed by atoms with van der Waals surface area (Å²) >= 11 is 1.84. The Hall–Kier alpha value is -0.440. The van der Waals surface area contributed by atoms with E-state index in [4.69, 9.17) is 14.7 Å². The van der Waals surface area contributed by atoms with Gasteiger partial charge in [-0.1, -0.05) is 0 Å². The lowest BCUT2D eigenvalue weighted by Gasteiger charge is -2.04. The van der Waals surface area contributed by atoms with E-state index < -0.39 is 15.0 Å². The number of benzene rings is 1. The first kappa shape index (κ1) is 15.6. The van der Waals surface area contributed by atoms with Gasteiger partial charge in [-0.05, 0) is 28.7 Å². The topological polar surface area (TPSA) is 91.8 Å². The van der Waals surface area contributed by atoms with E-state index in [-0.39, 0.29) is 28.4 Å². The van der Waals surface area contributed by atoms with Crippen molar-refractivity contribution in [2.75, 3.05) is 7.11 Å². The standard InChI is InChI=1S/C7H5IN2O4S.BrH/c1-14-6-4(8)2-3-5(10-9)7(6)15(11,12)13;/h2-3H,1H3;1H. The number of hydrogen-bond donors (Lipinski definition) is 1. The average Bonchev–Trinajstić information content (AvgIpc) is 2.15. The van der Waals surface area contributed by atoms with Crippen LogP contribution in [0.4, 0.5) is 5.69 Å². The van der Waals surface area contributed by atoms with Crippen LogP contribution in [-0.4, -0.2) is 20.1 Å². The van der Waals surface area contributed by atoms with E-state index in [1.165, 1.54) is 19.2 Å². The minimum absolute atomic E-state index is 0. The van der Waals surface area contributed by atoms with E-state index in [0.29, 0.717) is 3.57 Å². The molecule has 0 radical (unpaired) electrons. The van der Waals surface area contributed by atoms with Gasteiger partial charge in [-0.25, -0.2) is 0 Å². The summed E-state index contributed by atoms with van der Waals surface area (Å²) in [7, 11) is -3.24. The first-order valence-corrected chi connectivity index (χ1v) is 6.12. The van der Waals surface area contributed by atoms with Crippen LogP contribution in [0.25, 0.3) is 4.98 Å². The second-order valence-corrected chi connectivity index (χ2v) is 5.02. The molecule has 1 N–H and O–H groups in total. The van der Waals surface area contributed by atoms with Gasteiger partial charge < -0.3 is 21.7 Å². The Morgan fingerprint density at radius 3 is 2.44 bits per heavy atom. The van der Waals surface area contributed by atoms with Crippen LogP contribution in [0.15, 0.2) is 17.0 Å². The summed E-state index contributed by atoms with van der Waals surface area (Å²) in [4.78, 5) is 2.22. The molecule has 0 amide bonds. The molecule has 0 fully saturated rings. The molecule has 0 saturated heterocycles. The highest BCUT2D eigenvalue weighted by molar-refractivity contribution is 14.1. The van der Waals surface area contributed by atoms with Gasteiger partial charge in [0.2, 0.25) is 10.3 Å². The van der Waals surface area contributed by atoms with E-state index >= 15 is 0 Å². The zero-order chi connectivity index (χ0) is 11.6. The summed E-state index contributed by atoms with van der Waals surface area (Å²) in [5, 5.41) is 8.58. The van der Waals surface area contributed by atoms with E-state index in [2.05, 4.69) is 4.98 Å². The predicted molar refractivity (Wildman–Crippen MR) is 60.3 cm³/mol. The molecular weight excluding hydrogens is 415 g/mol. The molecular formula is C7H6BrIN2O4S. The van der Waals surface area contributed by atoms with Crippen molar-refractivity contribution < 1.29 is 34.7 Å². The van der Waals surface area contributed by atoms with Crippen LogP contribution < -0.4 is 21.7 Å². The minimum atomic E-state index is -4.49. The fourth-order valence-electron chi connectivity index (χ4n) is 1.05. The minimum Gasteiger partial charge on any atom is -1.00 e. The third-order valence-corrected chi connectivity index (χ3v) is 3.37. The van der Waals surface area contributed by atoms with Gasteiger partial charge in [-0.2, -0.15) is 8.42 Å². The van der Waals surface area contributed by atoms with Gasteiger partial charge in [0.1, 0.15) is 0 Å². The second-order valence-electron chi connectivity index (χ2n) is 2.50. The van der Waals surface area contributed by atoms with Crippen molar-refractivity contribution in [2.24, 2.45) is 0 Å². The predicted octanol–water partition coefficient (Wildman–Crippen LogP) is -0.965. The van der Waals surface area contributed by atoms with Gasteiger partial charge in [-0.15, -0.1) is 0 Å². The van der Waals surface area contributed by atoms with E-state index in [0.717, 1.165) is 0 Å². The van der Waals surface area contributed by atoms with E-state index in [9.17, 15) is 8.42 Å². The number of ether oxygens (including phenoxy) is 1. The Kier molecular flexibility index (Phi) is 5.60. The number of halogens is 2. The molecule has 0 heterocycles. The third kappa shape index (κ3) is 3.03. The van der Waals surface area contributed by atoms with Gasteiger partial charge >= 0.3 is 15.8 Å². The van der Waals surface area contributed by atoms with Crippen molar-refractivity contribution in [3.05, 3.63) is 20.7 Å². The van der Waals surface area contributed by atoms with Crippen LogP contribution in [0, 0.1) is 8.96 Å². The molecule has 0 bridgehead atoms. The largest absolute Gasteiger partial charge is 1.00 e. The van der Waals surface area contributed by atoms with Crippen molar-refractivity contribution in [1.29, 1.82) is 5.39 Å². The molecule has 1 aromatic carbocycles. The Balaban J connectivity index is 0.00000225. The SMILES string of the molecule is COc1c(I)ccc([N+]#N)c1S(=O)(=O)O.[Br-]. The molecule has 9 heteroatoms. The number of nitrogens with zero attached hydrogens (tertiary/aromatic N) is 2. The molecule has 6 nitrogen and oxygen atoms in total. The number of hydrogen-bond acceptors (Lipinski definition) is 4. The molecule has 0 unspecified atom stereocenters. The molecule has 0 atom stereocenters. The van der Waals surface area contributed by atoms with Crippen LogP contribution in [-0.2, 0) is 10.1 Å². The van der Waals surface area contributed by atoms with Crippen LogP contribution in [0.3, 0.4) is 0 Å². The zero-order valence-electron chi connectivity index (χ0n) is 7.89. The van der Waals surface area contributed by atoms with Gasteiger partial charge in [0.05, 0.1) is 10.7 Å². The molecule has 1 aromatic rings. The molecule has 0 aliphatic heterocycles. The van der Waals surface area contributed by atoms with Crippen LogP contribution in [0.2, 0.25) is 0 Å². The summed E-state index contributed by atoms with van der Waals surface area (Å²) in [6.45, 7) is 0. The lowest BCUT2D eigenvalue weighted by Crippen LogP contribution is -3.00. The zero-order valence-corrected chi connectivity index (χ0v) is 12.4. The molecule has 0 saturated carbocycles. The first-order chi connectivity index (χ1) is 6.91.